The molecule has 0 aliphatic carbocycles. The van der Waals surface area contributed by atoms with Crippen LogP contribution in [0.15, 0.2) is 18.2 Å². The Morgan fingerprint density at radius 1 is 1.32 bits per heavy atom. The highest BCUT2D eigenvalue weighted by molar-refractivity contribution is 6.30. The van der Waals surface area contributed by atoms with Gasteiger partial charge in [-0.2, -0.15) is 5.10 Å². The summed E-state index contributed by atoms with van der Waals surface area (Å²) in [5.74, 6) is 0.641. The zero-order valence-electron chi connectivity index (χ0n) is 14.5. The first kappa shape index (κ1) is 17.5. The lowest BCUT2D eigenvalue weighted by atomic mass is 10.1. The number of ether oxygens (including phenoxy) is 1. The van der Waals surface area contributed by atoms with Crippen LogP contribution in [0.4, 0.5) is 0 Å². The lowest BCUT2D eigenvalue weighted by Crippen LogP contribution is -2.35. The van der Waals surface area contributed by atoms with Gasteiger partial charge in [0.2, 0.25) is 5.91 Å². The summed E-state index contributed by atoms with van der Waals surface area (Å²) < 4.78 is 7.29. The zero-order valence-corrected chi connectivity index (χ0v) is 15.3. The number of carbonyl (C=O) groups is 2. The van der Waals surface area contributed by atoms with Crippen molar-refractivity contribution in [2.45, 2.75) is 33.9 Å². The fourth-order valence-corrected chi connectivity index (χ4v) is 3.36. The molecule has 3 rings (SSSR count). The van der Waals surface area contributed by atoms with Crippen molar-refractivity contribution in [2.75, 3.05) is 13.2 Å². The molecule has 0 atom stereocenters. The molecule has 132 valence electrons. The summed E-state index contributed by atoms with van der Waals surface area (Å²) in [6, 6.07) is 5.42. The molecule has 1 aromatic carbocycles. The van der Waals surface area contributed by atoms with Crippen molar-refractivity contribution in [3.8, 4) is 5.75 Å². The first-order valence-electron chi connectivity index (χ1n) is 8.10. The molecule has 1 aliphatic heterocycles. The van der Waals surface area contributed by atoms with Crippen LogP contribution in [0.3, 0.4) is 0 Å². The lowest BCUT2D eigenvalue weighted by molar-refractivity contribution is -0.132. The van der Waals surface area contributed by atoms with Gasteiger partial charge in [0.25, 0.3) is 0 Å². The van der Waals surface area contributed by atoms with Crippen molar-refractivity contribution in [3.63, 3.8) is 0 Å². The molecule has 0 fully saturated rings. The minimum atomic E-state index is -0.0721. The number of amides is 1. The molecule has 0 N–H and O–H groups in total. The van der Waals surface area contributed by atoms with Gasteiger partial charge in [0.15, 0.2) is 5.78 Å². The van der Waals surface area contributed by atoms with E-state index in [4.69, 9.17) is 16.3 Å². The number of halogens is 1. The summed E-state index contributed by atoms with van der Waals surface area (Å²) in [7, 11) is 0. The third kappa shape index (κ3) is 3.54. The highest BCUT2D eigenvalue weighted by Crippen LogP contribution is 2.26. The minimum Gasteiger partial charge on any atom is -0.491 e. The van der Waals surface area contributed by atoms with Gasteiger partial charge in [-0.15, -0.1) is 0 Å². The summed E-state index contributed by atoms with van der Waals surface area (Å²) >= 11 is 6.05. The SMILES string of the molecule is CC(=O)c1c(C)nn(CC(=O)N2CCOc3ccc(Cl)cc3C2)c1C. The van der Waals surface area contributed by atoms with Gasteiger partial charge < -0.3 is 9.64 Å². The van der Waals surface area contributed by atoms with Crippen LogP contribution in [0.5, 0.6) is 5.75 Å². The minimum absolute atomic E-state index is 0.0413. The molecule has 1 amide bonds. The molecule has 0 unspecified atom stereocenters. The molecule has 2 aromatic rings. The number of hydrogen-bond acceptors (Lipinski definition) is 4. The Morgan fingerprint density at radius 3 is 2.76 bits per heavy atom. The Hall–Kier alpha value is -2.34. The molecule has 0 bridgehead atoms. The van der Waals surface area contributed by atoms with Crippen molar-refractivity contribution >= 4 is 23.3 Å². The fourth-order valence-electron chi connectivity index (χ4n) is 3.16. The molecular weight excluding hydrogens is 342 g/mol. The van der Waals surface area contributed by atoms with Crippen molar-refractivity contribution in [3.05, 3.63) is 45.7 Å². The van der Waals surface area contributed by atoms with Crippen LogP contribution in [0, 0.1) is 13.8 Å². The van der Waals surface area contributed by atoms with E-state index in [1.807, 2.05) is 19.1 Å². The topological polar surface area (TPSA) is 64.4 Å². The predicted octanol–water partition coefficient (Wildman–Crippen LogP) is 2.78. The number of aryl methyl sites for hydroxylation is 1. The third-order valence-electron chi connectivity index (χ3n) is 4.37. The predicted molar refractivity (Wildman–Crippen MR) is 94.1 cm³/mol. The van der Waals surface area contributed by atoms with Gasteiger partial charge in [-0.1, -0.05) is 11.6 Å². The van der Waals surface area contributed by atoms with Gasteiger partial charge in [-0.05, 0) is 39.0 Å². The Kier molecular flexibility index (Phi) is 4.81. The van der Waals surface area contributed by atoms with Crippen LogP contribution in [0.25, 0.3) is 0 Å². The van der Waals surface area contributed by atoms with E-state index in [-0.39, 0.29) is 18.2 Å². The van der Waals surface area contributed by atoms with Crippen molar-refractivity contribution in [1.82, 2.24) is 14.7 Å². The second kappa shape index (κ2) is 6.88. The maximum atomic E-state index is 12.7. The van der Waals surface area contributed by atoms with Crippen molar-refractivity contribution < 1.29 is 14.3 Å². The molecule has 6 nitrogen and oxygen atoms in total. The molecule has 0 saturated heterocycles. The number of benzene rings is 1. The quantitative estimate of drug-likeness (QED) is 0.788. The molecule has 7 heteroatoms. The highest BCUT2D eigenvalue weighted by atomic mass is 35.5. The van der Waals surface area contributed by atoms with E-state index in [9.17, 15) is 9.59 Å². The molecule has 1 aliphatic rings. The Balaban J connectivity index is 1.80. The number of carbonyl (C=O) groups excluding carboxylic acids is 2. The maximum absolute atomic E-state index is 12.7. The van der Waals surface area contributed by atoms with Crippen LogP contribution in [-0.4, -0.2) is 39.5 Å². The number of rotatable bonds is 3. The fraction of sp³-hybridized carbons (Fsp3) is 0.389. The molecule has 0 saturated carbocycles. The lowest BCUT2D eigenvalue weighted by Gasteiger charge is -2.20. The first-order valence-corrected chi connectivity index (χ1v) is 8.48. The van der Waals surface area contributed by atoms with E-state index in [0.717, 1.165) is 11.3 Å². The number of hydrogen-bond donors (Lipinski definition) is 0. The monoisotopic (exact) mass is 361 g/mol. The Bertz CT molecular complexity index is 844. The van der Waals surface area contributed by atoms with Gasteiger partial charge in [-0.3, -0.25) is 14.3 Å². The van der Waals surface area contributed by atoms with Crippen molar-refractivity contribution in [1.29, 1.82) is 0 Å². The van der Waals surface area contributed by atoms with Crippen LogP contribution in [0.2, 0.25) is 5.02 Å². The summed E-state index contributed by atoms with van der Waals surface area (Å²) in [5.41, 5.74) is 2.84. The number of ketones is 1. The van der Waals surface area contributed by atoms with Gasteiger partial charge in [0.05, 0.1) is 17.8 Å². The number of nitrogens with zero attached hydrogens (tertiary/aromatic N) is 3. The number of Topliss-reactive ketones (excluding diaryl/α,β-unsaturated/α-hetero) is 1. The van der Waals surface area contributed by atoms with E-state index in [2.05, 4.69) is 5.10 Å². The summed E-state index contributed by atoms with van der Waals surface area (Å²) in [4.78, 5) is 26.2. The molecule has 0 spiro atoms. The smallest absolute Gasteiger partial charge is 0.244 e. The normalized spacial score (nSPS) is 13.8. The Morgan fingerprint density at radius 2 is 2.08 bits per heavy atom. The largest absolute Gasteiger partial charge is 0.491 e. The van der Waals surface area contributed by atoms with Crippen LogP contribution in [0.1, 0.15) is 34.2 Å². The third-order valence-corrected chi connectivity index (χ3v) is 4.61. The zero-order chi connectivity index (χ0) is 18.1. The van der Waals surface area contributed by atoms with Crippen LogP contribution >= 0.6 is 11.6 Å². The molecule has 2 heterocycles. The first-order chi connectivity index (χ1) is 11.9. The molecule has 1 aromatic heterocycles. The second-order valence-corrected chi connectivity index (χ2v) is 6.61. The number of aromatic nitrogens is 2. The molecule has 0 radical (unpaired) electrons. The second-order valence-electron chi connectivity index (χ2n) is 6.18. The van der Waals surface area contributed by atoms with Gasteiger partial charge >= 0.3 is 0 Å². The van der Waals surface area contributed by atoms with Gasteiger partial charge in [0, 0.05) is 22.8 Å². The average Bonchev–Trinajstić information content (AvgIpc) is 2.71. The van der Waals surface area contributed by atoms with Crippen molar-refractivity contribution in [2.24, 2.45) is 0 Å². The van der Waals surface area contributed by atoms with E-state index in [1.54, 1.807) is 22.6 Å². The van der Waals surface area contributed by atoms with Gasteiger partial charge in [0.1, 0.15) is 18.9 Å². The highest BCUT2D eigenvalue weighted by Gasteiger charge is 2.23. The Labute approximate surface area is 151 Å². The maximum Gasteiger partial charge on any atom is 0.244 e. The van der Waals surface area contributed by atoms with E-state index < -0.39 is 0 Å². The van der Waals surface area contributed by atoms with Gasteiger partial charge in [-0.25, -0.2) is 0 Å². The standard InChI is InChI=1S/C18H20ClN3O3/c1-11-18(13(3)23)12(2)22(20-11)10-17(24)21-6-7-25-16-5-4-15(19)8-14(16)9-21/h4-5,8H,6-7,9-10H2,1-3H3. The summed E-state index contributed by atoms with van der Waals surface area (Å²) in [5, 5.41) is 4.96. The van der Waals surface area contributed by atoms with Crippen LogP contribution < -0.4 is 4.74 Å². The molecular formula is C18H20ClN3O3. The van der Waals surface area contributed by atoms with E-state index in [1.165, 1.54) is 6.92 Å². The summed E-state index contributed by atoms with van der Waals surface area (Å²) in [6.07, 6.45) is 0. The molecule has 25 heavy (non-hydrogen) atoms. The van der Waals surface area contributed by atoms with E-state index >= 15 is 0 Å². The number of fused-ring (bicyclic) bond motifs is 1. The average molecular weight is 362 g/mol. The van der Waals surface area contributed by atoms with E-state index in [0.29, 0.717) is 41.7 Å². The summed E-state index contributed by atoms with van der Waals surface area (Å²) in [6.45, 7) is 6.55. The van der Waals surface area contributed by atoms with Crippen LogP contribution in [-0.2, 0) is 17.9 Å².